The Morgan fingerprint density at radius 2 is 2.29 bits per heavy atom. The van der Waals surface area contributed by atoms with Gasteiger partial charge in [-0.05, 0) is 31.5 Å². The number of likely N-dealkylation sites (tertiary alicyclic amines) is 1. The number of methoxy groups -OCH3 is 1. The van der Waals surface area contributed by atoms with Crippen LogP contribution < -0.4 is 0 Å². The van der Waals surface area contributed by atoms with Gasteiger partial charge in [0.05, 0.1) is 20.1 Å². The average molecular weight is 288 g/mol. The lowest BCUT2D eigenvalue weighted by atomic mass is 9.99. The van der Waals surface area contributed by atoms with Crippen LogP contribution in [0.5, 0.6) is 0 Å². The second-order valence-electron chi connectivity index (χ2n) is 5.48. The Morgan fingerprint density at radius 3 is 3.10 bits per heavy atom. The van der Waals surface area contributed by atoms with E-state index in [1.807, 2.05) is 24.3 Å². The number of esters is 1. The van der Waals surface area contributed by atoms with Crippen LogP contribution in [0.4, 0.5) is 0 Å². The average Bonchev–Trinajstić information content (AvgIpc) is 2.91. The van der Waals surface area contributed by atoms with Crippen LogP contribution in [0, 0.1) is 0 Å². The molecule has 5 nitrogen and oxygen atoms in total. The highest BCUT2D eigenvalue weighted by atomic mass is 16.5. The molecule has 0 saturated carbocycles. The third-order valence-corrected chi connectivity index (χ3v) is 4.06. The van der Waals surface area contributed by atoms with Crippen LogP contribution in [-0.4, -0.2) is 35.5 Å². The van der Waals surface area contributed by atoms with Crippen molar-refractivity contribution in [2.75, 3.05) is 13.7 Å². The molecule has 1 saturated heterocycles. The molecule has 1 aromatic carbocycles. The number of carbonyl (C=O) groups is 1. The summed E-state index contributed by atoms with van der Waals surface area (Å²) in [7, 11) is 1.44. The number of aromatic nitrogens is 1. The summed E-state index contributed by atoms with van der Waals surface area (Å²) < 4.78 is 10.6. The fraction of sp³-hybridized carbons (Fsp3) is 0.500. The predicted molar refractivity (Wildman–Crippen MR) is 78.7 cm³/mol. The molecular formula is C16H20N2O3. The Kier molecular flexibility index (Phi) is 4.20. The van der Waals surface area contributed by atoms with Crippen LogP contribution in [0.15, 0.2) is 28.7 Å². The van der Waals surface area contributed by atoms with Crippen molar-refractivity contribution in [3.05, 3.63) is 30.2 Å². The predicted octanol–water partition coefficient (Wildman–Crippen LogP) is 2.75. The normalized spacial score (nSPS) is 19.8. The van der Waals surface area contributed by atoms with Gasteiger partial charge in [-0.3, -0.25) is 9.69 Å². The number of rotatable bonds is 4. The fourth-order valence-electron chi connectivity index (χ4n) is 2.94. The van der Waals surface area contributed by atoms with E-state index in [0.717, 1.165) is 36.9 Å². The molecule has 21 heavy (non-hydrogen) atoms. The first-order chi connectivity index (χ1) is 10.3. The zero-order valence-corrected chi connectivity index (χ0v) is 12.2. The number of hydrogen-bond acceptors (Lipinski definition) is 5. The molecule has 0 amide bonds. The molecule has 1 fully saturated rings. The third-order valence-electron chi connectivity index (χ3n) is 4.06. The number of piperidine rings is 1. The molecule has 2 aromatic rings. The van der Waals surface area contributed by atoms with Crippen LogP contribution in [-0.2, 0) is 16.1 Å². The highest BCUT2D eigenvalue weighted by Crippen LogP contribution is 2.23. The van der Waals surface area contributed by atoms with E-state index in [-0.39, 0.29) is 12.0 Å². The SMILES string of the molecule is COC(=O)CC1CCCCN1Cc1nc2ccccc2o1. The van der Waals surface area contributed by atoms with Gasteiger partial charge in [-0.2, -0.15) is 0 Å². The smallest absolute Gasteiger partial charge is 0.307 e. The Hall–Kier alpha value is -1.88. The number of para-hydroxylation sites is 2. The van der Waals surface area contributed by atoms with E-state index in [4.69, 9.17) is 9.15 Å². The van der Waals surface area contributed by atoms with E-state index in [1.54, 1.807) is 0 Å². The third kappa shape index (κ3) is 3.24. The largest absolute Gasteiger partial charge is 0.469 e. The molecule has 1 unspecified atom stereocenters. The van der Waals surface area contributed by atoms with Gasteiger partial charge in [0.25, 0.3) is 0 Å². The summed E-state index contributed by atoms with van der Waals surface area (Å²) in [5, 5.41) is 0. The maximum atomic E-state index is 11.5. The summed E-state index contributed by atoms with van der Waals surface area (Å²) in [6.45, 7) is 1.62. The van der Waals surface area contributed by atoms with Gasteiger partial charge in [0.2, 0.25) is 5.89 Å². The first-order valence-electron chi connectivity index (χ1n) is 7.41. The van der Waals surface area contributed by atoms with Crippen molar-refractivity contribution >= 4 is 17.1 Å². The van der Waals surface area contributed by atoms with Crippen molar-refractivity contribution in [2.24, 2.45) is 0 Å². The lowest BCUT2D eigenvalue weighted by molar-refractivity contribution is -0.142. The zero-order chi connectivity index (χ0) is 14.7. The summed E-state index contributed by atoms with van der Waals surface area (Å²) in [5.41, 5.74) is 1.70. The molecule has 3 rings (SSSR count). The number of hydrogen-bond donors (Lipinski definition) is 0. The molecule has 5 heteroatoms. The molecular weight excluding hydrogens is 268 g/mol. The van der Waals surface area contributed by atoms with Gasteiger partial charge in [0.15, 0.2) is 5.58 Å². The molecule has 2 heterocycles. The number of oxazole rings is 1. The lowest BCUT2D eigenvalue weighted by Gasteiger charge is -2.34. The van der Waals surface area contributed by atoms with Crippen LogP contribution >= 0.6 is 0 Å². The van der Waals surface area contributed by atoms with E-state index >= 15 is 0 Å². The molecule has 0 spiro atoms. The molecule has 1 aliphatic rings. The molecule has 0 N–H and O–H groups in total. The number of fused-ring (bicyclic) bond motifs is 1. The minimum atomic E-state index is -0.149. The molecule has 1 atom stereocenters. The van der Waals surface area contributed by atoms with Crippen LogP contribution in [0.1, 0.15) is 31.6 Å². The number of benzene rings is 1. The highest BCUT2D eigenvalue weighted by molar-refractivity contribution is 5.72. The van der Waals surface area contributed by atoms with Gasteiger partial charge in [-0.25, -0.2) is 4.98 Å². The lowest BCUT2D eigenvalue weighted by Crippen LogP contribution is -2.40. The van der Waals surface area contributed by atoms with E-state index in [0.29, 0.717) is 18.9 Å². The molecule has 0 aliphatic carbocycles. The number of carbonyl (C=O) groups excluding carboxylic acids is 1. The van der Waals surface area contributed by atoms with E-state index in [1.165, 1.54) is 7.11 Å². The Bertz CT molecular complexity index is 590. The van der Waals surface area contributed by atoms with E-state index in [2.05, 4.69) is 9.88 Å². The second kappa shape index (κ2) is 6.26. The van der Waals surface area contributed by atoms with Gasteiger partial charge in [0.1, 0.15) is 5.52 Å². The quantitative estimate of drug-likeness (QED) is 0.810. The topological polar surface area (TPSA) is 55.6 Å². The number of ether oxygens (including phenoxy) is 1. The highest BCUT2D eigenvalue weighted by Gasteiger charge is 2.26. The van der Waals surface area contributed by atoms with Crippen molar-refractivity contribution in [1.82, 2.24) is 9.88 Å². The maximum absolute atomic E-state index is 11.5. The fourth-order valence-corrected chi connectivity index (χ4v) is 2.94. The van der Waals surface area contributed by atoms with Gasteiger partial charge in [-0.15, -0.1) is 0 Å². The summed E-state index contributed by atoms with van der Waals surface area (Å²) in [5.74, 6) is 0.567. The van der Waals surface area contributed by atoms with Crippen molar-refractivity contribution in [3.63, 3.8) is 0 Å². The summed E-state index contributed by atoms with van der Waals surface area (Å²) in [6.07, 6.45) is 3.77. The summed E-state index contributed by atoms with van der Waals surface area (Å²) >= 11 is 0. The zero-order valence-electron chi connectivity index (χ0n) is 12.2. The molecule has 1 aliphatic heterocycles. The van der Waals surface area contributed by atoms with E-state index < -0.39 is 0 Å². The first-order valence-corrected chi connectivity index (χ1v) is 7.41. The van der Waals surface area contributed by atoms with Crippen molar-refractivity contribution in [2.45, 2.75) is 38.3 Å². The molecule has 0 radical (unpaired) electrons. The first kappa shape index (κ1) is 14.1. The monoisotopic (exact) mass is 288 g/mol. The number of nitrogens with zero attached hydrogens (tertiary/aromatic N) is 2. The standard InChI is InChI=1S/C16H20N2O3/c1-20-16(19)10-12-6-4-5-9-18(12)11-15-17-13-7-2-3-8-14(13)21-15/h2-3,7-8,12H,4-6,9-11H2,1H3. The molecule has 1 aromatic heterocycles. The second-order valence-corrected chi connectivity index (χ2v) is 5.48. The van der Waals surface area contributed by atoms with Crippen molar-refractivity contribution < 1.29 is 13.9 Å². The molecule has 112 valence electrons. The van der Waals surface area contributed by atoms with Gasteiger partial charge in [-0.1, -0.05) is 18.6 Å². The van der Waals surface area contributed by atoms with Crippen LogP contribution in [0.25, 0.3) is 11.1 Å². The van der Waals surface area contributed by atoms with Crippen molar-refractivity contribution in [1.29, 1.82) is 0 Å². The van der Waals surface area contributed by atoms with Crippen molar-refractivity contribution in [3.8, 4) is 0 Å². The van der Waals surface area contributed by atoms with Crippen LogP contribution in [0.2, 0.25) is 0 Å². The minimum Gasteiger partial charge on any atom is -0.469 e. The Balaban J connectivity index is 1.72. The van der Waals surface area contributed by atoms with Gasteiger partial charge < -0.3 is 9.15 Å². The molecule has 0 bridgehead atoms. The minimum absolute atomic E-state index is 0.149. The Morgan fingerprint density at radius 1 is 1.43 bits per heavy atom. The van der Waals surface area contributed by atoms with Gasteiger partial charge in [0, 0.05) is 6.04 Å². The maximum Gasteiger partial charge on any atom is 0.307 e. The van der Waals surface area contributed by atoms with E-state index in [9.17, 15) is 4.79 Å². The van der Waals surface area contributed by atoms with Crippen LogP contribution in [0.3, 0.4) is 0 Å². The Labute approximate surface area is 123 Å². The summed E-state index contributed by atoms with van der Waals surface area (Å²) in [6, 6.07) is 7.99. The summed E-state index contributed by atoms with van der Waals surface area (Å²) in [4.78, 5) is 18.3. The van der Waals surface area contributed by atoms with Gasteiger partial charge >= 0.3 is 5.97 Å².